The molecule has 0 saturated carbocycles. The molecule has 0 aromatic rings. The minimum absolute atomic E-state index is 0.0897. The van der Waals surface area contributed by atoms with Crippen molar-refractivity contribution in [2.45, 2.75) is 373 Å². The van der Waals surface area contributed by atoms with Gasteiger partial charge in [0.2, 0.25) is 0 Å². The molecule has 5 unspecified atom stereocenters. The second-order valence-corrected chi connectivity index (χ2v) is 32.5. The maximum Gasteiger partial charge on any atom is 0.472 e. The number of carbonyl (C=O) groups is 3. The molecule has 0 radical (unpaired) electrons. The maximum absolute atomic E-state index is 13.1. The van der Waals surface area contributed by atoms with E-state index in [1.807, 2.05) is 0 Å². The summed E-state index contributed by atoms with van der Waals surface area (Å²) >= 11 is 0. The number of hydrogen-bond donors (Lipinski definition) is 4. The molecule has 656 valence electrons. The molecule has 0 aromatic carbocycles. The van der Waals surface area contributed by atoms with Gasteiger partial charge in [-0.15, -0.1) is 0 Å². The van der Waals surface area contributed by atoms with E-state index in [0.717, 1.165) is 186 Å². The first-order valence-electron chi connectivity index (χ1n) is 45.1. The largest absolute Gasteiger partial charge is 0.472 e. The van der Waals surface area contributed by atoms with Crippen LogP contribution in [0.15, 0.2) is 182 Å². The van der Waals surface area contributed by atoms with Gasteiger partial charge in [-0.3, -0.25) is 32.5 Å². The smallest absolute Gasteiger partial charge is 0.463 e. The number of aliphatic hydroxyl groups is 2. The fraction of sp³-hybridized carbons (Fsp3) is 0.660. The van der Waals surface area contributed by atoms with Crippen molar-refractivity contribution in [2.75, 3.05) is 39.6 Å². The van der Waals surface area contributed by atoms with Crippen molar-refractivity contribution in [3.63, 3.8) is 0 Å². The van der Waals surface area contributed by atoms with Crippen LogP contribution in [0.3, 0.4) is 0 Å². The normalized spacial score (nSPS) is 14.7. The minimum atomic E-state index is -4.95. The van der Waals surface area contributed by atoms with E-state index in [1.54, 1.807) is 0 Å². The van der Waals surface area contributed by atoms with Crippen LogP contribution in [0.4, 0.5) is 0 Å². The van der Waals surface area contributed by atoms with Gasteiger partial charge in [-0.2, -0.15) is 0 Å². The lowest BCUT2D eigenvalue weighted by molar-refractivity contribution is -0.161. The Kier molecular flexibility index (Phi) is 83.9. The Balaban J connectivity index is 4.66. The standard InChI is InChI=1S/C97H162O16P2/c1-4-7-10-13-16-19-22-25-28-31-34-37-40-43-44-45-46-49-51-53-56-59-62-65-68-71-74-77-80-83-95(100)107-86-92(98)87-109-114(103,104)110-88-93(99)89-111-115(105,106)112-91-94(113-97(102)85-82-79-76-73-70-67-64-61-58-55-52-48-42-39-36-33-30-27-24-21-18-15-12-9-6-3)90-108-96(101)84-81-78-75-72-69-66-63-60-57-54-50-47-41-38-35-32-29-26-23-20-17-14-11-8-5-2/h7-12,16-21,25-30,34-39,43-44,47-48,50,52,92-94,98-99H,4-6,13-15,22-24,31-33,40-42,45-46,49,51,53-91H2,1-3H3,(H,103,104)(H,105,106)/b10-7-,11-8-,12-9-,19-16-,20-17-,21-18-,28-25-,29-26-,30-27-,37-34-,38-35-,39-36-,44-43-,50-47-,52-48-. The molecule has 115 heavy (non-hydrogen) atoms. The van der Waals surface area contributed by atoms with Gasteiger partial charge in [-0.1, -0.05) is 364 Å². The topological polar surface area (TPSA) is 231 Å². The Hall–Kier alpha value is -5.35. The van der Waals surface area contributed by atoms with Gasteiger partial charge >= 0.3 is 33.6 Å². The number of esters is 3. The summed E-state index contributed by atoms with van der Waals surface area (Å²) in [7, 11) is -9.82. The van der Waals surface area contributed by atoms with Crippen LogP contribution < -0.4 is 0 Å². The lowest BCUT2D eigenvalue weighted by atomic mass is 10.0. The van der Waals surface area contributed by atoms with E-state index in [1.165, 1.54) is 109 Å². The lowest BCUT2D eigenvalue weighted by Gasteiger charge is -2.21. The van der Waals surface area contributed by atoms with Crippen LogP contribution in [0.25, 0.3) is 0 Å². The Bertz CT molecular complexity index is 2820. The first-order chi connectivity index (χ1) is 56.2. The number of phosphoric ester groups is 2. The third-order valence-electron chi connectivity index (χ3n) is 18.6. The first-order valence-corrected chi connectivity index (χ1v) is 48.1. The molecule has 0 rings (SSSR count). The molecule has 0 aliphatic rings. The second-order valence-electron chi connectivity index (χ2n) is 29.6. The molecular formula is C97H162O16P2. The van der Waals surface area contributed by atoms with E-state index in [4.69, 9.17) is 32.3 Å². The Morgan fingerprint density at radius 3 is 0.687 bits per heavy atom. The minimum Gasteiger partial charge on any atom is -0.463 e. The molecule has 0 aliphatic heterocycles. The van der Waals surface area contributed by atoms with Crippen LogP contribution in [-0.4, -0.2) is 95.9 Å². The van der Waals surface area contributed by atoms with Crippen LogP contribution in [0.2, 0.25) is 0 Å². The predicted octanol–water partition coefficient (Wildman–Crippen LogP) is 27.7. The molecular weight excluding hydrogens is 1480 g/mol. The summed E-state index contributed by atoms with van der Waals surface area (Å²) in [5.74, 6) is -1.59. The van der Waals surface area contributed by atoms with Gasteiger partial charge < -0.3 is 34.2 Å². The van der Waals surface area contributed by atoms with Gasteiger partial charge in [0.1, 0.15) is 25.4 Å². The fourth-order valence-corrected chi connectivity index (χ4v) is 13.5. The molecule has 18 heteroatoms. The summed E-state index contributed by atoms with van der Waals surface area (Å²) in [6, 6.07) is 0. The van der Waals surface area contributed by atoms with Crippen LogP contribution in [0.1, 0.15) is 355 Å². The summed E-state index contributed by atoms with van der Waals surface area (Å²) in [6.07, 6.45) is 115. The maximum atomic E-state index is 13.1. The number of aliphatic hydroxyl groups excluding tert-OH is 2. The quantitative estimate of drug-likeness (QED) is 0.0146. The molecule has 16 nitrogen and oxygen atoms in total. The van der Waals surface area contributed by atoms with Crippen molar-refractivity contribution in [1.82, 2.24) is 0 Å². The van der Waals surface area contributed by atoms with E-state index in [9.17, 15) is 43.5 Å². The summed E-state index contributed by atoms with van der Waals surface area (Å²) < 4.78 is 61.5. The van der Waals surface area contributed by atoms with Gasteiger partial charge in [0.25, 0.3) is 0 Å². The van der Waals surface area contributed by atoms with Crippen LogP contribution >= 0.6 is 15.6 Å². The molecule has 5 atom stereocenters. The molecule has 0 saturated heterocycles. The molecule has 0 bridgehead atoms. The number of hydrogen-bond acceptors (Lipinski definition) is 14. The number of unbranched alkanes of at least 4 members (excludes halogenated alkanes) is 31. The van der Waals surface area contributed by atoms with E-state index in [0.29, 0.717) is 19.3 Å². The number of carbonyl (C=O) groups excluding carboxylic acids is 3. The summed E-state index contributed by atoms with van der Waals surface area (Å²) in [5, 5.41) is 20.7. The van der Waals surface area contributed by atoms with Gasteiger partial charge in [-0.25, -0.2) is 9.13 Å². The van der Waals surface area contributed by atoms with Crippen molar-refractivity contribution in [2.24, 2.45) is 0 Å². The number of phosphoric acid groups is 2. The highest BCUT2D eigenvalue weighted by molar-refractivity contribution is 7.47. The number of rotatable bonds is 84. The molecule has 0 amide bonds. The third-order valence-corrected chi connectivity index (χ3v) is 20.5. The molecule has 0 heterocycles. The molecule has 4 N–H and O–H groups in total. The van der Waals surface area contributed by atoms with Crippen molar-refractivity contribution < 1.29 is 75.8 Å². The molecule has 0 aromatic heterocycles. The van der Waals surface area contributed by atoms with E-state index in [-0.39, 0.29) is 19.3 Å². The van der Waals surface area contributed by atoms with Crippen molar-refractivity contribution in [1.29, 1.82) is 0 Å². The zero-order valence-electron chi connectivity index (χ0n) is 72.1. The zero-order chi connectivity index (χ0) is 83.6. The first kappa shape index (κ1) is 110. The zero-order valence-corrected chi connectivity index (χ0v) is 73.9. The Morgan fingerprint density at radius 2 is 0.435 bits per heavy atom. The average Bonchev–Trinajstić information content (AvgIpc) is 0.902. The Morgan fingerprint density at radius 1 is 0.243 bits per heavy atom. The third kappa shape index (κ3) is 89.3. The highest BCUT2D eigenvalue weighted by Crippen LogP contribution is 2.45. The van der Waals surface area contributed by atoms with Gasteiger partial charge in [0.05, 0.1) is 26.4 Å². The lowest BCUT2D eigenvalue weighted by Crippen LogP contribution is -2.30. The van der Waals surface area contributed by atoms with Gasteiger partial charge in [0.15, 0.2) is 6.10 Å². The van der Waals surface area contributed by atoms with Gasteiger partial charge in [-0.05, 0) is 154 Å². The van der Waals surface area contributed by atoms with E-state index in [2.05, 4.69) is 203 Å². The SMILES string of the molecule is CC/C=C\C/C=C\C/C=C\C/C=C\C/C=C\CCCCCCCCCCCCCCCC(=O)OCC(O)COP(=O)(O)OCC(O)COP(=O)(O)OCC(COC(=O)CCCCCCCCCCC/C=C\C/C=C\C/C=C\C/C=C\C/C=C\CC)OC(=O)CCCCCCCCCCC/C=C\C/C=C\C/C=C\C/C=C\C/C=C\CC. The van der Waals surface area contributed by atoms with E-state index >= 15 is 0 Å². The highest BCUT2D eigenvalue weighted by atomic mass is 31.2. The van der Waals surface area contributed by atoms with Crippen molar-refractivity contribution >= 4 is 33.6 Å². The summed E-state index contributed by atoms with van der Waals surface area (Å²) in [6.45, 7) is 2.36. The van der Waals surface area contributed by atoms with E-state index < -0.39 is 91.5 Å². The Labute approximate surface area is 700 Å². The number of allylic oxidation sites excluding steroid dienone is 30. The molecule has 0 aliphatic carbocycles. The number of ether oxygens (including phenoxy) is 3. The highest BCUT2D eigenvalue weighted by Gasteiger charge is 2.29. The fourth-order valence-electron chi connectivity index (χ4n) is 11.9. The predicted molar refractivity (Wildman–Crippen MR) is 481 cm³/mol. The second kappa shape index (κ2) is 87.9. The van der Waals surface area contributed by atoms with Crippen molar-refractivity contribution in [3.8, 4) is 0 Å². The average molecular weight is 1650 g/mol. The molecule has 0 spiro atoms. The summed E-state index contributed by atoms with van der Waals surface area (Å²) in [5.41, 5.74) is 0. The monoisotopic (exact) mass is 1650 g/mol. The van der Waals surface area contributed by atoms with Gasteiger partial charge in [0, 0.05) is 19.3 Å². The molecule has 0 fully saturated rings. The van der Waals surface area contributed by atoms with Crippen LogP contribution in [0.5, 0.6) is 0 Å². The van der Waals surface area contributed by atoms with Crippen molar-refractivity contribution in [3.05, 3.63) is 182 Å². The van der Waals surface area contributed by atoms with Crippen LogP contribution in [0, 0.1) is 0 Å². The van der Waals surface area contributed by atoms with Crippen LogP contribution in [-0.2, 0) is 55.8 Å². The summed E-state index contributed by atoms with van der Waals surface area (Å²) in [4.78, 5) is 59.0.